The molecule has 2 aromatic rings. The molecule has 0 atom stereocenters. The zero-order valence-corrected chi connectivity index (χ0v) is 11.9. The Bertz CT molecular complexity index is 681. The Kier molecular flexibility index (Phi) is 5.14. The van der Waals surface area contributed by atoms with Crippen LogP contribution in [0.1, 0.15) is 27.9 Å². The third-order valence-corrected chi connectivity index (χ3v) is 3.07. The molecule has 0 fully saturated rings. The summed E-state index contributed by atoms with van der Waals surface area (Å²) in [5.74, 6) is 5.71. The molecular weight excluding hydrogens is 262 g/mol. The SMILES string of the molecule is Cc1c(C#CCCO)cccc1C(=O)Nc1ccccc1. The lowest BCUT2D eigenvalue weighted by molar-refractivity contribution is 0.102. The first-order valence-corrected chi connectivity index (χ1v) is 6.78. The Balaban J connectivity index is 2.22. The van der Waals surface area contributed by atoms with Crippen molar-refractivity contribution in [2.24, 2.45) is 0 Å². The van der Waals surface area contributed by atoms with E-state index >= 15 is 0 Å². The lowest BCUT2D eigenvalue weighted by Crippen LogP contribution is -2.13. The Labute approximate surface area is 124 Å². The van der Waals surface area contributed by atoms with Crippen LogP contribution in [0.5, 0.6) is 0 Å². The first-order valence-electron chi connectivity index (χ1n) is 6.78. The van der Waals surface area contributed by atoms with Crippen LogP contribution >= 0.6 is 0 Å². The zero-order valence-electron chi connectivity index (χ0n) is 11.9. The summed E-state index contributed by atoms with van der Waals surface area (Å²) in [5.41, 5.74) is 3.02. The number of aliphatic hydroxyl groups is 1. The minimum absolute atomic E-state index is 0.0419. The van der Waals surface area contributed by atoms with Crippen molar-refractivity contribution in [1.29, 1.82) is 0 Å². The molecule has 0 bridgehead atoms. The molecule has 2 aromatic carbocycles. The second-order valence-corrected chi connectivity index (χ2v) is 4.57. The number of rotatable bonds is 3. The topological polar surface area (TPSA) is 49.3 Å². The molecular formula is C18H17NO2. The van der Waals surface area contributed by atoms with Gasteiger partial charge < -0.3 is 10.4 Å². The van der Waals surface area contributed by atoms with Crippen molar-refractivity contribution >= 4 is 11.6 Å². The van der Waals surface area contributed by atoms with Crippen LogP contribution < -0.4 is 5.32 Å². The Morgan fingerprint density at radius 2 is 1.90 bits per heavy atom. The van der Waals surface area contributed by atoms with Crippen LogP contribution in [0.4, 0.5) is 5.69 Å². The predicted molar refractivity (Wildman–Crippen MR) is 84.2 cm³/mol. The van der Waals surface area contributed by atoms with Gasteiger partial charge in [-0.25, -0.2) is 0 Å². The van der Waals surface area contributed by atoms with Gasteiger partial charge in [-0.15, -0.1) is 0 Å². The number of anilines is 1. The maximum Gasteiger partial charge on any atom is 0.255 e. The van der Waals surface area contributed by atoms with Gasteiger partial charge in [0.2, 0.25) is 0 Å². The molecule has 0 radical (unpaired) electrons. The molecule has 0 heterocycles. The summed E-state index contributed by atoms with van der Waals surface area (Å²) in [6.07, 6.45) is 0.430. The highest BCUT2D eigenvalue weighted by Gasteiger charge is 2.10. The van der Waals surface area contributed by atoms with Crippen LogP contribution in [-0.4, -0.2) is 17.6 Å². The molecule has 0 spiro atoms. The third-order valence-electron chi connectivity index (χ3n) is 3.07. The lowest BCUT2D eigenvalue weighted by Gasteiger charge is -2.09. The fraction of sp³-hybridized carbons (Fsp3) is 0.167. The van der Waals surface area contributed by atoms with E-state index in [0.29, 0.717) is 12.0 Å². The molecule has 21 heavy (non-hydrogen) atoms. The largest absolute Gasteiger partial charge is 0.395 e. The van der Waals surface area contributed by atoms with E-state index in [1.54, 1.807) is 6.07 Å². The molecule has 0 aromatic heterocycles. The minimum atomic E-state index is -0.149. The van der Waals surface area contributed by atoms with Crippen LogP contribution in [-0.2, 0) is 0 Å². The smallest absolute Gasteiger partial charge is 0.255 e. The maximum atomic E-state index is 12.3. The number of aliphatic hydroxyl groups excluding tert-OH is 1. The van der Waals surface area contributed by atoms with Crippen LogP contribution in [0, 0.1) is 18.8 Å². The highest BCUT2D eigenvalue weighted by atomic mass is 16.2. The third kappa shape index (κ3) is 3.95. The predicted octanol–water partition coefficient (Wildman–Crippen LogP) is 2.98. The van der Waals surface area contributed by atoms with E-state index in [1.165, 1.54) is 0 Å². The van der Waals surface area contributed by atoms with Gasteiger partial charge in [-0.2, -0.15) is 0 Å². The summed E-state index contributed by atoms with van der Waals surface area (Å²) in [6.45, 7) is 1.92. The Morgan fingerprint density at radius 3 is 2.62 bits per heavy atom. The number of nitrogens with one attached hydrogen (secondary N) is 1. The molecule has 106 valence electrons. The van der Waals surface area contributed by atoms with Gasteiger partial charge in [0.15, 0.2) is 0 Å². The molecule has 2 N–H and O–H groups in total. The van der Waals surface area contributed by atoms with Crippen molar-refractivity contribution in [1.82, 2.24) is 0 Å². The van der Waals surface area contributed by atoms with E-state index in [-0.39, 0.29) is 12.5 Å². The molecule has 2 rings (SSSR count). The first kappa shape index (κ1) is 14.8. The number of hydrogen-bond donors (Lipinski definition) is 2. The van der Waals surface area contributed by atoms with Gasteiger partial charge in [0, 0.05) is 23.2 Å². The summed E-state index contributed by atoms with van der Waals surface area (Å²) in [4.78, 5) is 12.3. The van der Waals surface area contributed by atoms with Crippen molar-refractivity contribution in [2.45, 2.75) is 13.3 Å². The van der Waals surface area contributed by atoms with Crippen molar-refractivity contribution in [2.75, 3.05) is 11.9 Å². The van der Waals surface area contributed by atoms with E-state index in [1.807, 2.05) is 49.4 Å². The molecule has 3 nitrogen and oxygen atoms in total. The summed E-state index contributed by atoms with van der Waals surface area (Å²) in [6, 6.07) is 14.8. The van der Waals surface area contributed by atoms with Crippen molar-refractivity contribution < 1.29 is 9.90 Å². The molecule has 0 saturated heterocycles. The molecule has 0 aliphatic carbocycles. The molecule has 3 heteroatoms. The van der Waals surface area contributed by atoms with E-state index in [0.717, 1.165) is 16.8 Å². The number of hydrogen-bond acceptors (Lipinski definition) is 2. The highest BCUT2D eigenvalue weighted by Crippen LogP contribution is 2.15. The Hall–Kier alpha value is -2.57. The summed E-state index contributed by atoms with van der Waals surface area (Å²) < 4.78 is 0. The van der Waals surface area contributed by atoms with Crippen molar-refractivity contribution in [3.63, 3.8) is 0 Å². The quantitative estimate of drug-likeness (QED) is 0.849. The van der Waals surface area contributed by atoms with Crippen molar-refractivity contribution in [3.05, 3.63) is 65.2 Å². The van der Waals surface area contributed by atoms with Gasteiger partial charge in [-0.3, -0.25) is 4.79 Å². The van der Waals surface area contributed by atoms with Crippen LogP contribution in [0.3, 0.4) is 0 Å². The standard InChI is InChI=1S/C18H17NO2/c1-14-15(8-5-6-13-20)9-7-12-17(14)18(21)19-16-10-3-2-4-11-16/h2-4,7,9-12,20H,6,13H2,1H3,(H,19,21). The molecule has 0 aliphatic heterocycles. The number of amides is 1. The Morgan fingerprint density at radius 1 is 1.14 bits per heavy atom. The summed E-state index contributed by atoms with van der Waals surface area (Å²) in [7, 11) is 0. The van der Waals surface area contributed by atoms with E-state index in [9.17, 15) is 4.79 Å². The fourth-order valence-electron chi connectivity index (χ4n) is 1.95. The normalized spacial score (nSPS) is 9.62. The lowest BCUT2D eigenvalue weighted by atomic mass is 10.0. The van der Waals surface area contributed by atoms with Gasteiger partial charge in [0.25, 0.3) is 5.91 Å². The summed E-state index contributed by atoms with van der Waals surface area (Å²) in [5, 5.41) is 11.6. The number of para-hydroxylation sites is 1. The molecule has 0 aliphatic rings. The monoisotopic (exact) mass is 279 g/mol. The number of carbonyl (C=O) groups excluding carboxylic acids is 1. The molecule has 1 amide bonds. The number of benzene rings is 2. The average molecular weight is 279 g/mol. The van der Waals surface area contributed by atoms with Gasteiger partial charge >= 0.3 is 0 Å². The van der Waals surface area contributed by atoms with Crippen LogP contribution in [0.2, 0.25) is 0 Å². The van der Waals surface area contributed by atoms with E-state index < -0.39 is 0 Å². The van der Waals surface area contributed by atoms with Crippen LogP contribution in [0.15, 0.2) is 48.5 Å². The second kappa shape index (κ2) is 7.28. The zero-order chi connectivity index (χ0) is 15.1. The van der Waals surface area contributed by atoms with Crippen molar-refractivity contribution in [3.8, 4) is 11.8 Å². The van der Waals surface area contributed by atoms with Gasteiger partial charge in [-0.05, 0) is 36.8 Å². The highest BCUT2D eigenvalue weighted by molar-refractivity contribution is 6.05. The maximum absolute atomic E-state index is 12.3. The molecule has 0 unspecified atom stereocenters. The number of carbonyl (C=O) groups is 1. The van der Waals surface area contributed by atoms with E-state index in [2.05, 4.69) is 17.2 Å². The average Bonchev–Trinajstić information content (AvgIpc) is 2.50. The van der Waals surface area contributed by atoms with Gasteiger partial charge in [-0.1, -0.05) is 36.1 Å². The second-order valence-electron chi connectivity index (χ2n) is 4.57. The van der Waals surface area contributed by atoms with Gasteiger partial charge in [0.1, 0.15) is 0 Å². The summed E-state index contributed by atoms with van der Waals surface area (Å²) >= 11 is 0. The van der Waals surface area contributed by atoms with Gasteiger partial charge in [0.05, 0.1) is 6.61 Å². The molecule has 0 saturated carbocycles. The minimum Gasteiger partial charge on any atom is -0.395 e. The first-order chi connectivity index (χ1) is 10.2. The fourth-order valence-corrected chi connectivity index (χ4v) is 1.95. The van der Waals surface area contributed by atoms with Crippen LogP contribution in [0.25, 0.3) is 0 Å². The van der Waals surface area contributed by atoms with E-state index in [4.69, 9.17) is 5.11 Å².